The molecule has 1 aliphatic heterocycles. The minimum atomic E-state index is 0.282. The van der Waals surface area contributed by atoms with Crippen LogP contribution in [-0.4, -0.2) is 38.0 Å². The lowest BCUT2D eigenvalue weighted by Gasteiger charge is -2.21. The lowest BCUT2D eigenvalue weighted by atomic mass is 9.93. The molecule has 0 aliphatic carbocycles. The highest BCUT2D eigenvalue weighted by molar-refractivity contribution is 5.77. The molecule has 0 bridgehead atoms. The van der Waals surface area contributed by atoms with E-state index in [0.29, 0.717) is 11.6 Å². The molecule has 0 spiro atoms. The van der Waals surface area contributed by atoms with Gasteiger partial charge in [0.15, 0.2) is 5.69 Å². The van der Waals surface area contributed by atoms with Crippen LogP contribution in [0.5, 0.6) is 0 Å². The molecule has 3 N–H and O–H groups in total. The second kappa shape index (κ2) is 7.45. The van der Waals surface area contributed by atoms with Gasteiger partial charge in [-0.1, -0.05) is 0 Å². The van der Waals surface area contributed by atoms with E-state index in [2.05, 4.69) is 30.6 Å². The van der Waals surface area contributed by atoms with Crippen LogP contribution in [0, 0.1) is 17.2 Å². The van der Waals surface area contributed by atoms with Gasteiger partial charge in [0.25, 0.3) is 0 Å². The quantitative estimate of drug-likeness (QED) is 0.648. The molecule has 3 aromatic rings. The van der Waals surface area contributed by atoms with Gasteiger partial charge < -0.3 is 15.6 Å². The molecular weight excluding hydrogens is 328 g/mol. The number of aryl methyl sites for hydroxylation is 1. The van der Waals surface area contributed by atoms with Crippen LogP contribution in [0.1, 0.15) is 30.8 Å². The number of pyridine rings is 1. The molecule has 1 fully saturated rings. The van der Waals surface area contributed by atoms with Gasteiger partial charge in [-0.2, -0.15) is 5.26 Å². The van der Waals surface area contributed by atoms with Crippen LogP contribution in [0.15, 0.2) is 24.7 Å². The number of H-pyrrole nitrogens is 1. The number of nitriles is 1. The van der Waals surface area contributed by atoms with Crippen LogP contribution in [0.4, 0.5) is 11.6 Å². The Kier molecular flexibility index (Phi) is 4.71. The third-order valence-electron chi connectivity index (χ3n) is 4.69. The first-order chi connectivity index (χ1) is 12.8. The van der Waals surface area contributed by atoms with Crippen LogP contribution in [0.25, 0.3) is 11.0 Å². The molecule has 0 aromatic carbocycles. The molecule has 132 valence electrons. The number of hydrogen-bond acceptors (Lipinski definition) is 7. The molecule has 3 aromatic heterocycles. The van der Waals surface area contributed by atoms with Crippen molar-refractivity contribution in [3.8, 4) is 6.07 Å². The lowest BCUT2D eigenvalue weighted by molar-refractivity contribution is 0.352. The minimum Gasteiger partial charge on any atom is -0.341 e. The standard InChI is InChI=1S/C18H20N8/c19-8-13-9-22-18(11-21-13)26-17-7-14-15(10-23-17)25-16(24-14)2-1-12-3-5-20-6-4-12/h7,9-12,20H,1-6H2,(H,24,25)(H,22,23,26). The SMILES string of the molecule is N#Cc1cnc(Nc2cc3nc(CCC4CCNCC4)[nH]c3cn2)cn1. The average molecular weight is 348 g/mol. The van der Waals surface area contributed by atoms with E-state index in [1.165, 1.54) is 31.7 Å². The third kappa shape index (κ3) is 3.78. The zero-order valence-corrected chi connectivity index (χ0v) is 14.4. The second-order valence-corrected chi connectivity index (χ2v) is 6.53. The number of piperidine rings is 1. The van der Waals surface area contributed by atoms with Crippen molar-refractivity contribution in [2.24, 2.45) is 5.92 Å². The van der Waals surface area contributed by atoms with Crippen molar-refractivity contribution in [2.45, 2.75) is 25.7 Å². The summed E-state index contributed by atoms with van der Waals surface area (Å²) in [5, 5.41) is 15.3. The number of hydrogen-bond donors (Lipinski definition) is 3. The third-order valence-corrected chi connectivity index (χ3v) is 4.69. The first-order valence-corrected chi connectivity index (χ1v) is 8.85. The van der Waals surface area contributed by atoms with Gasteiger partial charge in [-0.3, -0.25) is 0 Å². The van der Waals surface area contributed by atoms with Crippen LogP contribution < -0.4 is 10.6 Å². The monoisotopic (exact) mass is 348 g/mol. The van der Waals surface area contributed by atoms with Gasteiger partial charge >= 0.3 is 0 Å². The Morgan fingerprint density at radius 3 is 2.73 bits per heavy atom. The Bertz CT molecular complexity index is 919. The number of aromatic amines is 1. The van der Waals surface area contributed by atoms with Crippen molar-refractivity contribution in [3.05, 3.63) is 36.2 Å². The summed E-state index contributed by atoms with van der Waals surface area (Å²) in [6, 6.07) is 3.83. The number of aromatic nitrogens is 5. The van der Waals surface area contributed by atoms with E-state index < -0.39 is 0 Å². The van der Waals surface area contributed by atoms with Gasteiger partial charge in [-0.05, 0) is 38.3 Å². The molecule has 8 nitrogen and oxygen atoms in total. The Balaban J connectivity index is 1.43. The van der Waals surface area contributed by atoms with Crippen molar-refractivity contribution in [2.75, 3.05) is 18.4 Å². The topological polar surface area (TPSA) is 115 Å². The minimum absolute atomic E-state index is 0.282. The number of nitrogens with one attached hydrogen (secondary N) is 3. The van der Waals surface area contributed by atoms with Gasteiger partial charge in [-0.15, -0.1) is 0 Å². The van der Waals surface area contributed by atoms with Gasteiger partial charge in [0.2, 0.25) is 0 Å². The summed E-state index contributed by atoms with van der Waals surface area (Å²) in [7, 11) is 0. The molecule has 0 atom stereocenters. The van der Waals surface area contributed by atoms with Crippen LogP contribution in [-0.2, 0) is 6.42 Å². The van der Waals surface area contributed by atoms with Gasteiger partial charge in [0.05, 0.1) is 29.6 Å². The van der Waals surface area contributed by atoms with Crippen molar-refractivity contribution in [1.82, 2.24) is 30.2 Å². The fraction of sp³-hybridized carbons (Fsp3) is 0.389. The van der Waals surface area contributed by atoms with Crippen LogP contribution in [0.2, 0.25) is 0 Å². The highest BCUT2D eigenvalue weighted by Gasteiger charge is 2.14. The number of rotatable bonds is 5. The van der Waals surface area contributed by atoms with Gasteiger partial charge in [0, 0.05) is 12.5 Å². The first-order valence-electron chi connectivity index (χ1n) is 8.85. The maximum atomic E-state index is 8.77. The molecule has 0 saturated carbocycles. The number of fused-ring (bicyclic) bond motifs is 1. The summed E-state index contributed by atoms with van der Waals surface area (Å²) in [5.74, 6) is 2.98. The zero-order valence-electron chi connectivity index (χ0n) is 14.4. The van der Waals surface area contributed by atoms with Crippen LogP contribution >= 0.6 is 0 Å². The predicted molar refractivity (Wildman–Crippen MR) is 97.8 cm³/mol. The largest absolute Gasteiger partial charge is 0.341 e. The summed E-state index contributed by atoms with van der Waals surface area (Å²) in [6.07, 6.45) is 9.34. The average Bonchev–Trinajstić information content (AvgIpc) is 3.10. The lowest BCUT2D eigenvalue weighted by Crippen LogP contribution is -2.27. The maximum absolute atomic E-state index is 8.77. The van der Waals surface area contributed by atoms with E-state index in [1.54, 1.807) is 6.20 Å². The zero-order chi connectivity index (χ0) is 17.8. The summed E-state index contributed by atoms with van der Waals surface area (Å²) in [4.78, 5) is 20.6. The van der Waals surface area contributed by atoms with Gasteiger partial charge in [-0.25, -0.2) is 19.9 Å². The first kappa shape index (κ1) is 16.4. The highest BCUT2D eigenvalue weighted by atomic mass is 15.1. The van der Waals surface area contributed by atoms with Crippen molar-refractivity contribution in [3.63, 3.8) is 0 Å². The summed E-state index contributed by atoms with van der Waals surface area (Å²) in [6.45, 7) is 2.25. The normalized spacial score (nSPS) is 15.0. The van der Waals surface area contributed by atoms with Crippen molar-refractivity contribution in [1.29, 1.82) is 5.26 Å². The number of nitrogens with zero attached hydrogens (tertiary/aromatic N) is 5. The molecule has 0 amide bonds. The molecular formula is C18H20N8. The summed E-state index contributed by atoms with van der Waals surface area (Å²) >= 11 is 0. The van der Waals surface area contributed by atoms with E-state index in [1.807, 2.05) is 12.1 Å². The molecule has 1 saturated heterocycles. The fourth-order valence-electron chi connectivity index (χ4n) is 3.24. The molecule has 1 aliphatic rings. The number of anilines is 2. The fourth-order valence-corrected chi connectivity index (χ4v) is 3.24. The maximum Gasteiger partial charge on any atom is 0.158 e. The Morgan fingerprint density at radius 2 is 1.96 bits per heavy atom. The van der Waals surface area contributed by atoms with Crippen molar-refractivity contribution >= 4 is 22.7 Å². The molecule has 8 heteroatoms. The van der Waals surface area contributed by atoms with E-state index in [4.69, 9.17) is 10.2 Å². The van der Waals surface area contributed by atoms with E-state index in [-0.39, 0.29) is 5.69 Å². The number of imidazole rings is 1. The molecule has 0 radical (unpaired) electrons. The van der Waals surface area contributed by atoms with Gasteiger partial charge in [0.1, 0.15) is 23.5 Å². The Labute approximate surface area is 151 Å². The Morgan fingerprint density at radius 1 is 1.12 bits per heavy atom. The predicted octanol–water partition coefficient (Wildman–Crippen LogP) is 2.30. The van der Waals surface area contributed by atoms with Crippen LogP contribution in [0.3, 0.4) is 0 Å². The van der Waals surface area contributed by atoms with E-state index in [9.17, 15) is 0 Å². The molecule has 4 rings (SSSR count). The molecule has 4 heterocycles. The van der Waals surface area contributed by atoms with E-state index >= 15 is 0 Å². The summed E-state index contributed by atoms with van der Waals surface area (Å²) in [5.41, 5.74) is 2.09. The second-order valence-electron chi connectivity index (χ2n) is 6.53. The van der Waals surface area contributed by atoms with E-state index in [0.717, 1.165) is 42.3 Å². The molecule has 0 unspecified atom stereocenters. The van der Waals surface area contributed by atoms with Crippen molar-refractivity contribution < 1.29 is 0 Å². The summed E-state index contributed by atoms with van der Waals surface area (Å²) < 4.78 is 0. The smallest absolute Gasteiger partial charge is 0.158 e. The molecule has 26 heavy (non-hydrogen) atoms. The highest BCUT2D eigenvalue weighted by Crippen LogP contribution is 2.21. The Hall–Kier alpha value is -3.05.